The van der Waals surface area contributed by atoms with Gasteiger partial charge in [0, 0.05) is 6.07 Å². The zero-order chi connectivity index (χ0) is 11.4. The topological polar surface area (TPSA) is 53.7 Å². The highest BCUT2D eigenvalue weighted by Gasteiger charge is 2.06. The van der Waals surface area contributed by atoms with Crippen molar-refractivity contribution in [1.82, 2.24) is 4.98 Å². The van der Waals surface area contributed by atoms with Crippen molar-refractivity contribution in [3.8, 4) is 23.2 Å². The van der Waals surface area contributed by atoms with Crippen LogP contribution in [0.15, 0.2) is 35.2 Å². The Bertz CT molecular complexity index is 453. The molecule has 84 valence electrons. The lowest BCUT2D eigenvalue weighted by molar-refractivity contribution is 0.334. The molecule has 0 unspecified atom stereocenters. The van der Waals surface area contributed by atoms with E-state index in [0.717, 1.165) is 0 Å². The van der Waals surface area contributed by atoms with Crippen molar-refractivity contribution < 1.29 is 18.6 Å². The summed E-state index contributed by atoms with van der Waals surface area (Å²) in [5.41, 5.74) is 0. The summed E-state index contributed by atoms with van der Waals surface area (Å²) in [5.74, 6) is 2.16. The van der Waals surface area contributed by atoms with Gasteiger partial charge in [-0.25, -0.2) is 4.98 Å². The summed E-state index contributed by atoms with van der Waals surface area (Å²) < 4.78 is 20.6. The minimum atomic E-state index is 0.326. The van der Waals surface area contributed by atoms with E-state index in [1.165, 1.54) is 12.6 Å². The molecule has 0 spiro atoms. The Kier molecular flexibility index (Phi) is 2.95. The van der Waals surface area contributed by atoms with Crippen molar-refractivity contribution in [3.63, 3.8) is 0 Å². The van der Waals surface area contributed by atoms with Gasteiger partial charge in [-0.1, -0.05) is 0 Å². The van der Waals surface area contributed by atoms with Crippen molar-refractivity contribution in [1.29, 1.82) is 0 Å². The van der Waals surface area contributed by atoms with E-state index in [1.807, 2.05) is 0 Å². The van der Waals surface area contributed by atoms with E-state index in [2.05, 4.69) is 4.98 Å². The smallest absolute Gasteiger partial charge is 0.310 e. The van der Waals surface area contributed by atoms with E-state index in [9.17, 15) is 0 Å². The number of hydrogen-bond acceptors (Lipinski definition) is 5. The fourth-order valence-electron chi connectivity index (χ4n) is 1.25. The van der Waals surface area contributed by atoms with E-state index in [0.29, 0.717) is 23.2 Å². The molecule has 0 amide bonds. The standard InChI is InChI=1S/C11H11NO4/c1-13-9-4-3-8(5-10(9)14-2)16-11-6-12-7-15-11/h3-7H,1-2H3. The Morgan fingerprint density at radius 2 is 1.94 bits per heavy atom. The fraction of sp³-hybridized carbons (Fsp3) is 0.182. The van der Waals surface area contributed by atoms with E-state index in [4.69, 9.17) is 18.6 Å². The monoisotopic (exact) mass is 221 g/mol. The molecule has 5 heteroatoms. The Balaban J connectivity index is 2.22. The van der Waals surface area contributed by atoms with Crippen LogP contribution in [0.25, 0.3) is 0 Å². The molecule has 2 rings (SSSR count). The number of ether oxygens (including phenoxy) is 3. The van der Waals surface area contributed by atoms with E-state index < -0.39 is 0 Å². The third-order valence-electron chi connectivity index (χ3n) is 1.98. The molecular formula is C11H11NO4. The minimum absolute atomic E-state index is 0.326. The maximum absolute atomic E-state index is 5.40. The van der Waals surface area contributed by atoms with Crippen molar-refractivity contribution in [2.45, 2.75) is 0 Å². The lowest BCUT2D eigenvalue weighted by atomic mass is 10.3. The second-order valence-electron chi connectivity index (χ2n) is 2.94. The van der Waals surface area contributed by atoms with Crippen molar-refractivity contribution in [2.75, 3.05) is 14.2 Å². The van der Waals surface area contributed by atoms with Crippen LogP contribution in [0.1, 0.15) is 0 Å². The Morgan fingerprint density at radius 1 is 1.12 bits per heavy atom. The van der Waals surface area contributed by atoms with Gasteiger partial charge in [-0.15, -0.1) is 0 Å². The largest absolute Gasteiger partial charge is 0.493 e. The first-order chi connectivity index (χ1) is 7.83. The number of methoxy groups -OCH3 is 2. The van der Waals surface area contributed by atoms with Crippen LogP contribution in [0, 0.1) is 0 Å². The Hall–Kier alpha value is -2.17. The van der Waals surface area contributed by atoms with E-state index >= 15 is 0 Å². The van der Waals surface area contributed by atoms with Crippen LogP contribution in [0.2, 0.25) is 0 Å². The highest BCUT2D eigenvalue weighted by atomic mass is 16.6. The number of aromatic nitrogens is 1. The van der Waals surface area contributed by atoms with Crippen LogP contribution >= 0.6 is 0 Å². The number of oxazole rings is 1. The second-order valence-corrected chi connectivity index (χ2v) is 2.94. The zero-order valence-electron chi connectivity index (χ0n) is 8.97. The first kappa shape index (κ1) is 10.4. The first-order valence-electron chi connectivity index (χ1n) is 4.62. The number of rotatable bonds is 4. The summed E-state index contributed by atoms with van der Waals surface area (Å²) in [4.78, 5) is 3.75. The maximum atomic E-state index is 5.40. The van der Waals surface area contributed by atoms with Gasteiger partial charge in [-0.3, -0.25) is 0 Å². The highest BCUT2D eigenvalue weighted by molar-refractivity contribution is 5.46. The number of hydrogen-bond donors (Lipinski definition) is 0. The lowest BCUT2D eigenvalue weighted by Crippen LogP contribution is -1.91. The highest BCUT2D eigenvalue weighted by Crippen LogP contribution is 2.32. The molecule has 0 radical (unpaired) electrons. The van der Waals surface area contributed by atoms with Crippen LogP contribution in [0.3, 0.4) is 0 Å². The number of nitrogens with zero attached hydrogens (tertiary/aromatic N) is 1. The molecule has 0 N–H and O–H groups in total. The normalized spacial score (nSPS) is 9.88. The second kappa shape index (κ2) is 4.57. The van der Waals surface area contributed by atoms with E-state index in [1.54, 1.807) is 32.4 Å². The van der Waals surface area contributed by atoms with Crippen molar-refractivity contribution >= 4 is 0 Å². The summed E-state index contributed by atoms with van der Waals surface area (Å²) in [6.45, 7) is 0. The molecular weight excluding hydrogens is 210 g/mol. The number of benzene rings is 1. The van der Waals surface area contributed by atoms with Gasteiger partial charge in [0.25, 0.3) is 0 Å². The summed E-state index contributed by atoms with van der Waals surface area (Å²) in [6.07, 6.45) is 2.78. The Labute approximate surface area is 92.6 Å². The quantitative estimate of drug-likeness (QED) is 0.793. The average molecular weight is 221 g/mol. The summed E-state index contributed by atoms with van der Waals surface area (Å²) in [5, 5.41) is 0. The molecule has 0 fully saturated rings. The van der Waals surface area contributed by atoms with Gasteiger partial charge in [0.1, 0.15) is 11.9 Å². The summed E-state index contributed by atoms with van der Waals surface area (Å²) in [6, 6.07) is 5.22. The molecule has 1 aromatic carbocycles. The van der Waals surface area contributed by atoms with Crippen LogP contribution in [-0.2, 0) is 0 Å². The van der Waals surface area contributed by atoms with Crippen molar-refractivity contribution in [3.05, 3.63) is 30.8 Å². The van der Waals surface area contributed by atoms with Gasteiger partial charge in [0.05, 0.1) is 14.2 Å². The summed E-state index contributed by atoms with van der Waals surface area (Å²) in [7, 11) is 3.14. The molecule has 0 aliphatic rings. The Morgan fingerprint density at radius 3 is 2.56 bits per heavy atom. The van der Waals surface area contributed by atoms with E-state index in [-0.39, 0.29) is 0 Å². The predicted molar refractivity (Wildman–Crippen MR) is 56.1 cm³/mol. The minimum Gasteiger partial charge on any atom is -0.493 e. The van der Waals surface area contributed by atoms with Gasteiger partial charge in [0.15, 0.2) is 17.9 Å². The van der Waals surface area contributed by atoms with Crippen LogP contribution in [0.4, 0.5) is 0 Å². The molecule has 5 nitrogen and oxygen atoms in total. The fourth-order valence-corrected chi connectivity index (χ4v) is 1.25. The van der Waals surface area contributed by atoms with Gasteiger partial charge in [0.2, 0.25) is 0 Å². The van der Waals surface area contributed by atoms with Gasteiger partial charge < -0.3 is 18.6 Å². The van der Waals surface area contributed by atoms with Crippen LogP contribution < -0.4 is 14.2 Å². The molecule has 0 atom stereocenters. The first-order valence-corrected chi connectivity index (χ1v) is 4.62. The summed E-state index contributed by atoms with van der Waals surface area (Å²) >= 11 is 0. The third kappa shape index (κ3) is 2.08. The molecule has 0 saturated heterocycles. The average Bonchev–Trinajstić information content (AvgIpc) is 2.81. The molecule has 16 heavy (non-hydrogen) atoms. The molecule has 2 aromatic rings. The molecule has 0 saturated carbocycles. The van der Waals surface area contributed by atoms with Gasteiger partial charge in [-0.05, 0) is 12.1 Å². The van der Waals surface area contributed by atoms with Gasteiger partial charge in [-0.2, -0.15) is 0 Å². The third-order valence-corrected chi connectivity index (χ3v) is 1.98. The zero-order valence-corrected chi connectivity index (χ0v) is 8.97. The van der Waals surface area contributed by atoms with Crippen LogP contribution in [-0.4, -0.2) is 19.2 Å². The SMILES string of the molecule is COc1ccc(Oc2cnco2)cc1OC. The molecule has 0 aliphatic heterocycles. The van der Waals surface area contributed by atoms with Crippen molar-refractivity contribution in [2.24, 2.45) is 0 Å². The predicted octanol–water partition coefficient (Wildman–Crippen LogP) is 2.48. The lowest BCUT2D eigenvalue weighted by Gasteiger charge is -2.08. The van der Waals surface area contributed by atoms with Crippen LogP contribution in [0.5, 0.6) is 23.2 Å². The maximum Gasteiger partial charge on any atom is 0.310 e. The molecule has 0 aliphatic carbocycles. The molecule has 0 bridgehead atoms. The molecule has 1 aromatic heterocycles. The molecule has 1 heterocycles. The van der Waals surface area contributed by atoms with Gasteiger partial charge >= 0.3 is 5.95 Å².